The van der Waals surface area contributed by atoms with Gasteiger partial charge in [-0.1, -0.05) is 23.7 Å². The van der Waals surface area contributed by atoms with Crippen LogP contribution in [0.1, 0.15) is 17.2 Å². The smallest absolute Gasteiger partial charge is 0.333 e. The highest BCUT2D eigenvalue weighted by Gasteiger charge is 2.39. The first kappa shape index (κ1) is 15.8. The highest BCUT2D eigenvalue weighted by atomic mass is 35.5. The predicted molar refractivity (Wildman–Crippen MR) is 75.6 cm³/mol. The molecule has 2 aromatic rings. The summed E-state index contributed by atoms with van der Waals surface area (Å²) in [5, 5.41) is 7.32. The highest BCUT2D eigenvalue weighted by molar-refractivity contribution is 6.30. The number of fused-ring (bicyclic) bond motifs is 1. The first-order chi connectivity index (χ1) is 10.8. The maximum Gasteiger partial charge on any atom is 0.451 e. The lowest BCUT2D eigenvalue weighted by Gasteiger charge is -2.28. The third kappa shape index (κ3) is 3.31. The van der Waals surface area contributed by atoms with Crippen molar-refractivity contribution < 1.29 is 18.0 Å². The van der Waals surface area contributed by atoms with Gasteiger partial charge in [0.25, 0.3) is 0 Å². The van der Waals surface area contributed by atoms with Crippen LogP contribution >= 0.6 is 11.6 Å². The van der Waals surface area contributed by atoms with Crippen LogP contribution < -0.4 is 0 Å². The van der Waals surface area contributed by atoms with Gasteiger partial charge in [0.2, 0.25) is 11.7 Å². The number of carbonyl (C=O) groups is 1. The molecule has 0 saturated heterocycles. The zero-order valence-electron chi connectivity index (χ0n) is 11.8. The number of rotatable bonds is 2. The number of nitrogens with zero attached hydrogens (tertiary/aromatic N) is 4. The van der Waals surface area contributed by atoms with Crippen LogP contribution in [0.15, 0.2) is 24.3 Å². The largest absolute Gasteiger partial charge is 0.451 e. The van der Waals surface area contributed by atoms with Crippen LogP contribution in [0.25, 0.3) is 0 Å². The van der Waals surface area contributed by atoms with E-state index in [1.807, 2.05) is 0 Å². The molecular weight excluding hydrogens is 333 g/mol. The first-order valence-electron chi connectivity index (χ1n) is 6.86. The monoisotopic (exact) mass is 344 g/mol. The fraction of sp³-hybridized carbons (Fsp3) is 0.357. The lowest BCUT2D eigenvalue weighted by molar-refractivity contribution is -0.148. The molecule has 0 spiro atoms. The van der Waals surface area contributed by atoms with Crippen LogP contribution in [0.4, 0.5) is 13.2 Å². The Hall–Kier alpha value is -2.09. The summed E-state index contributed by atoms with van der Waals surface area (Å²) < 4.78 is 39.3. The minimum atomic E-state index is -4.54. The molecule has 0 fully saturated rings. The summed E-state index contributed by atoms with van der Waals surface area (Å²) >= 11 is 5.79. The maximum absolute atomic E-state index is 12.8. The molecule has 1 amide bonds. The summed E-state index contributed by atoms with van der Waals surface area (Å²) in [6.07, 6.45) is -4.38. The van der Waals surface area contributed by atoms with E-state index in [1.165, 1.54) is 4.90 Å². The third-order valence-corrected chi connectivity index (χ3v) is 3.88. The van der Waals surface area contributed by atoms with Gasteiger partial charge in [-0.05, 0) is 17.7 Å². The Bertz CT molecular complexity index is 727. The van der Waals surface area contributed by atoms with Crippen molar-refractivity contribution in [3.05, 3.63) is 46.5 Å². The average Bonchev–Trinajstić information content (AvgIpc) is 2.92. The van der Waals surface area contributed by atoms with Crippen molar-refractivity contribution >= 4 is 17.5 Å². The zero-order chi connectivity index (χ0) is 16.6. The van der Waals surface area contributed by atoms with Crippen molar-refractivity contribution in [1.29, 1.82) is 0 Å². The van der Waals surface area contributed by atoms with E-state index in [0.717, 1.165) is 10.1 Å². The first-order valence-corrected chi connectivity index (χ1v) is 7.24. The summed E-state index contributed by atoms with van der Waals surface area (Å²) in [6, 6.07) is 6.86. The molecule has 9 heteroatoms. The summed E-state index contributed by atoms with van der Waals surface area (Å²) in [7, 11) is 0. The Kier molecular flexibility index (Phi) is 4.01. The lowest BCUT2D eigenvalue weighted by Crippen LogP contribution is -2.40. The van der Waals surface area contributed by atoms with Gasteiger partial charge in [0.15, 0.2) is 5.82 Å². The Balaban J connectivity index is 1.71. The van der Waals surface area contributed by atoms with Gasteiger partial charge in [-0.25, -0.2) is 0 Å². The number of hydrogen-bond acceptors (Lipinski definition) is 3. The molecule has 0 bridgehead atoms. The minimum Gasteiger partial charge on any atom is -0.333 e. The Morgan fingerprint density at radius 2 is 1.87 bits per heavy atom. The van der Waals surface area contributed by atoms with Gasteiger partial charge in [0.05, 0.1) is 13.0 Å². The Morgan fingerprint density at radius 3 is 2.52 bits per heavy atom. The van der Waals surface area contributed by atoms with Crippen LogP contribution in [0.5, 0.6) is 0 Å². The van der Waals surface area contributed by atoms with E-state index in [-0.39, 0.29) is 37.8 Å². The number of hydrogen-bond donors (Lipinski definition) is 0. The molecule has 2 heterocycles. The molecule has 1 aliphatic heterocycles. The molecule has 5 nitrogen and oxygen atoms in total. The summed E-state index contributed by atoms with van der Waals surface area (Å²) in [5.74, 6) is -1.04. The molecule has 0 saturated carbocycles. The van der Waals surface area contributed by atoms with Crippen molar-refractivity contribution in [2.45, 2.75) is 25.7 Å². The second-order valence-electron chi connectivity index (χ2n) is 5.21. The van der Waals surface area contributed by atoms with Crippen molar-refractivity contribution in [2.75, 3.05) is 6.54 Å². The Morgan fingerprint density at radius 1 is 1.17 bits per heavy atom. The van der Waals surface area contributed by atoms with Crippen LogP contribution in [-0.4, -0.2) is 32.1 Å². The molecule has 122 valence electrons. The van der Waals surface area contributed by atoms with E-state index in [2.05, 4.69) is 10.2 Å². The molecule has 1 aromatic heterocycles. The van der Waals surface area contributed by atoms with Crippen LogP contribution in [0.2, 0.25) is 5.02 Å². The molecule has 23 heavy (non-hydrogen) atoms. The van der Waals surface area contributed by atoms with Crippen LogP contribution in [-0.2, 0) is 30.5 Å². The maximum atomic E-state index is 12.8. The number of benzene rings is 1. The number of aromatic nitrogens is 3. The van der Waals surface area contributed by atoms with Crippen LogP contribution in [0, 0.1) is 0 Å². The van der Waals surface area contributed by atoms with E-state index in [9.17, 15) is 18.0 Å². The van der Waals surface area contributed by atoms with Crippen molar-refractivity contribution in [3.63, 3.8) is 0 Å². The van der Waals surface area contributed by atoms with Crippen molar-refractivity contribution in [2.24, 2.45) is 0 Å². The number of carbonyl (C=O) groups excluding carboxylic acids is 1. The van der Waals surface area contributed by atoms with Gasteiger partial charge >= 0.3 is 6.18 Å². The van der Waals surface area contributed by atoms with E-state index in [0.29, 0.717) is 5.02 Å². The molecule has 0 atom stereocenters. The van der Waals surface area contributed by atoms with Gasteiger partial charge in [0, 0.05) is 18.1 Å². The average molecular weight is 345 g/mol. The second-order valence-corrected chi connectivity index (χ2v) is 5.64. The molecule has 0 aliphatic carbocycles. The lowest BCUT2D eigenvalue weighted by atomic mass is 10.1. The molecular formula is C14H12ClF3N4O. The highest BCUT2D eigenvalue weighted by Crippen LogP contribution is 2.29. The van der Waals surface area contributed by atoms with Crippen LogP contribution in [0.3, 0.4) is 0 Å². The standard InChI is InChI=1S/C14H12ClF3N4O/c15-10-3-1-9(2-4-10)7-12(23)21-5-6-22-11(8-21)19-20-13(22)14(16,17)18/h1-4H,5-8H2. The van der Waals surface area contributed by atoms with Gasteiger partial charge in [0.1, 0.15) is 0 Å². The number of amides is 1. The molecule has 0 N–H and O–H groups in total. The Labute approximate surface area is 134 Å². The topological polar surface area (TPSA) is 51.0 Å². The predicted octanol–water partition coefficient (Wildman–Crippen LogP) is 2.54. The fourth-order valence-corrected chi connectivity index (χ4v) is 2.59. The van der Waals surface area contributed by atoms with E-state index < -0.39 is 12.0 Å². The van der Waals surface area contributed by atoms with Gasteiger partial charge in [-0.15, -0.1) is 10.2 Å². The molecule has 0 radical (unpaired) electrons. The second kappa shape index (κ2) is 5.84. The summed E-state index contributed by atoms with van der Waals surface area (Å²) in [5.41, 5.74) is 0.794. The van der Waals surface area contributed by atoms with Gasteiger partial charge < -0.3 is 9.47 Å². The van der Waals surface area contributed by atoms with E-state index in [1.54, 1.807) is 24.3 Å². The summed E-state index contributed by atoms with van der Waals surface area (Å²) in [4.78, 5) is 13.8. The number of alkyl halides is 3. The minimum absolute atomic E-state index is 0.0233. The third-order valence-electron chi connectivity index (χ3n) is 3.63. The van der Waals surface area contributed by atoms with Crippen molar-refractivity contribution in [3.8, 4) is 0 Å². The summed E-state index contributed by atoms with van der Waals surface area (Å²) in [6.45, 7) is 0.250. The molecule has 3 rings (SSSR count). The molecule has 0 unspecified atom stereocenters. The van der Waals surface area contributed by atoms with Gasteiger partial charge in [-0.2, -0.15) is 13.2 Å². The quantitative estimate of drug-likeness (QED) is 0.841. The van der Waals surface area contributed by atoms with E-state index >= 15 is 0 Å². The van der Waals surface area contributed by atoms with Crippen molar-refractivity contribution in [1.82, 2.24) is 19.7 Å². The fourth-order valence-electron chi connectivity index (χ4n) is 2.47. The zero-order valence-corrected chi connectivity index (χ0v) is 12.6. The van der Waals surface area contributed by atoms with Gasteiger partial charge in [-0.3, -0.25) is 4.79 Å². The number of halogens is 4. The normalized spacial score (nSPS) is 14.7. The molecule has 1 aliphatic rings. The SMILES string of the molecule is O=C(Cc1ccc(Cl)cc1)N1CCn2c(nnc2C(F)(F)F)C1. The molecule has 1 aromatic carbocycles. The van der Waals surface area contributed by atoms with E-state index in [4.69, 9.17) is 11.6 Å².